The van der Waals surface area contributed by atoms with Crippen LogP contribution in [0.3, 0.4) is 0 Å². The third-order valence-electron chi connectivity index (χ3n) is 3.03. The van der Waals surface area contributed by atoms with Gasteiger partial charge in [0.1, 0.15) is 5.25 Å². The second-order valence-electron chi connectivity index (χ2n) is 5.09. The Morgan fingerprint density at radius 3 is 2.35 bits per heavy atom. The van der Waals surface area contributed by atoms with Gasteiger partial charge in [0.05, 0.1) is 0 Å². The second-order valence-corrected chi connectivity index (χ2v) is 7.25. The van der Waals surface area contributed by atoms with Crippen molar-refractivity contribution in [3.8, 4) is 0 Å². The van der Waals surface area contributed by atoms with Gasteiger partial charge in [-0.25, -0.2) is 0 Å². The summed E-state index contributed by atoms with van der Waals surface area (Å²) in [4.78, 5) is 11.9. The van der Waals surface area contributed by atoms with Crippen LogP contribution in [0, 0.1) is 0 Å². The Balaban J connectivity index is 4.45. The van der Waals surface area contributed by atoms with Crippen molar-refractivity contribution in [1.82, 2.24) is 5.32 Å². The van der Waals surface area contributed by atoms with Crippen LogP contribution in [0.25, 0.3) is 0 Å². The molecule has 102 valence electrons. The van der Waals surface area contributed by atoms with Crippen molar-refractivity contribution in [2.45, 2.75) is 63.5 Å². The Morgan fingerprint density at radius 1 is 1.41 bits per heavy atom. The summed E-state index contributed by atoms with van der Waals surface area (Å²) >= 11 is 0. The highest BCUT2D eigenvalue weighted by atomic mass is 32.2. The van der Waals surface area contributed by atoms with E-state index in [1.54, 1.807) is 6.92 Å². The molecule has 5 heteroatoms. The smallest absolute Gasteiger partial charge is 0.235 e. The monoisotopic (exact) mass is 262 g/mol. The number of carbonyl (C=O) groups is 1. The molecule has 3 unspecified atom stereocenters. The summed E-state index contributed by atoms with van der Waals surface area (Å²) in [6.45, 7) is 10.0. The van der Waals surface area contributed by atoms with Crippen LogP contribution in [0.4, 0.5) is 0 Å². The molecule has 0 aliphatic carbocycles. The zero-order valence-corrected chi connectivity index (χ0v) is 12.4. The first-order valence-electron chi connectivity index (χ1n) is 6.16. The van der Waals surface area contributed by atoms with Crippen LogP contribution < -0.4 is 11.1 Å². The van der Waals surface area contributed by atoms with Gasteiger partial charge in [0.2, 0.25) is 5.91 Å². The topological polar surface area (TPSA) is 72.2 Å². The van der Waals surface area contributed by atoms with Crippen molar-refractivity contribution >= 4 is 16.7 Å². The molecule has 0 saturated heterocycles. The van der Waals surface area contributed by atoms with Crippen molar-refractivity contribution in [3.05, 3.63) is 0 Å². The van der Waals surface area contributed by atoms with Crippen LogP contribution in [-0.2, 0) is 15.6 Å². The van der Waals surface area contributed by atoms with Gasteiger partial charge >= 0.3 is 0 Å². The van der Waals surface area contributed by atoms with Gasteiger partial charge in [-0.05, 0) is 40.2 Å². The summed E-state index contributed by atoms with van der Waals surface area (Å²) < 4.78 is 12.0. The molecular weight excluding hydrogens is 236 g/mol. The molecule has 0 aliphatic heterocycles. The highest BCUT2D eigenvalue weighted by Gasteiger charge is 2.27. The number of nitrogens with one attached hydrogen (secondary N) is 1. The van der Waals surface area contributed by atoms with Crippen molar-refractivity contribution in [1.29, 1.82) is 0 Å². The third-order valence-corrected chi connectivity index (χ3v) is 4.97. The average molecular weight is 262 g/mol. The number of carbonyl (C=O) groups excluding carboxylic acids is 1. The van der Waals surface area contributed by atoms with Gasteiger partial charge in [-0.15, -0.1) is 0 Å². The summed E-state index contributed by atoms with van der Waals surface area (Å²) in [5.41, 5.74) is 5.19. The van der Waals surface area contributed by atoms with Crippen molar-refractivity contribution in [2.75, 3.05) is 6.54 Å². The molecule has 3 N–H and O–H groups in total. The van der Waals surface area contributed by atoms with E-state index in [0.29, 0.717) is 13.0 Å². The molecule has 0 aromatic heterocycles. The quantitative estimate of drug-likeness (QED) is 0.723. The Labute approximate surface area is 107 Å². The fourth-order valence-electron chi connectivity index (χ4n) is 1.33. The summed E-state index contributed by atoms with van der Waals surface area (Å²) in [7, 11) is -1.17. The lowest BCUT2D eigenvalue weighted by Gasteiger charge is -2.27. The lowest BCUT2D eigenvalue weighted by Crippen LogP contribution is -2.48. The van der Waals surface area contributed by atoms with Gasteiger partial charge in [0, 0.05) is 21.6 Å². The summed E-state index contributed by atoms with van der Waals surface area (Å²) in [6.07, 6.45) is 1.53. The first kappa shape index (κ1) is 16.6. The molecule has 0 aliphatic rings. The fraction of sp³-hybridized carbons (Fsp3) is 0.917. The lowest BCUT2D eigenvalue weighted by atomic mass is 10.0. The zero-order valence-electron chi connectivity index (χ0n) is 11.6. The molecule has 0 spiro atoms. The van der Waals surface area contributed by atoms with E-state index < -0.39 is 16.0 Å². The molecule has 4 nitrogen and oxygen atoms in total. The maximum atomic E-state index is 12.0. The fourth-order valence-corrected chi connectivity index (χ4v) is 2.66. The van der Waals surface area contributed by atoms with Crippen LogP contribution >= 0.6 is 0 Å². The molecule has 0 heterocycles. The van der Waals surface area contributed by atoms with Gasteiger partial charge in [0.25, 0.3) is 0 Å². The number of hydrogen-bond acceptors (Lipinski definition) is 3. The van der Waals surface area contributed by atoms with Crippen LogP contribution in [-0.4, -0.2) is 32.7 Å². The second kappa shape index (κ2) is 7.11. The van der Waals surface area contributed by atoms with Gasteiger partial charge in [-0.3, -0.25) is 9.00 Å². The Bertz CT molecular complexity index is 280. The van der Waals surface area contributed by atoms with E-state index >= 15 is 0 Å². The van der Waals surface area contributed by atoms with Gasteiger partial charge in [-0.2, -0.15) is 0 Å². The zero-order chi connectivity index (χ0) is 13.6. The lowest BCUT2D eigenvalue weighted by molar-refractivity contribution is -0.122. The van der Waals surface area contributed by atoms with E-state index in [9.17, 15) is 9.00 Å². The first-order chi connectivity index (χ1) is 7.75. The number of amides is 1. The number of rotatable bonds is 7. The largest absolute Gasteiger partial charge is 0.350 e. The maximum absolute atomic E-state index is 12.0. The highest BCUT2D eigenvalue weighted by Crippen LogP contribution is 2.11. The molecule has 0 fully saturated rings. The van der Waals surface area contributed by atoms with E-state index in [-0.39, 0.29) is 16.7 Å². The van der Waals surface area contributed by atoms with Crippen molar-refractivity contribution < 1.29 is 9.00 Å². The van der Waals surface area contributed by atoms with E-state index in [4.69, 9.17) is 5.73 Å². The normalized spacial score (nSPS) is 17.3. The van der Waals surface area contributed by atoms with E-state index in [1.807, 2.05) is 27.7 Å². The molecule has 3 atom stereocenters. The average Bonchev–Trinajstić information content (AvgIpc) is 2.26. The minimum atomic E-state index is -1.17. The van der Waals surface area contributed by atoms with Crippen LogP contribution in [0.2, 0.25) is 0 Å². The van der Waals surface area contributed by atoms with E-state index in [2.05, 4.69) is 5.32 Å². The van der Waals surface area contributed by atoms with E-state index in [1.165, 1.54) is 0 Å². The van der Waals surface area contributed by atoms with Gasteiger partial charge in [0.15, 0.2) is 0 Å². The Kier molecular flexibility index (Phi) is 6.94. The Morgan fingerprint density at radius 2 is 1.94 bits per heavy atom. The number of nitrogens with two attached hydrogens (primary N) is 1. The van der Waals surface area contributed by atoms with Gasteiger partial charge in [-0.1, -0.05) is 13.8 Å². The molecule has 17 heavy (non-hydrogen) atoms. The SMILES string of the molecule is CCC(C)(C)NC(=O)C(C)S(=O)C(C)CCN. The minimum absolute atomic E-state index is 0.0366. The summed E-state index contributed by atoms with van der Waals surface area (Å²) in [5, 5.41) is 2.40. The molecular formula is C12H26N2O2S. The predicted octanol–water partition coefficient (Wildman–Crippen LogP) is 1.17. The summed E-state index contributed by atoms with van der Waals surface area (Å²) in [6, 6.07) is 0. The van der Waals surface area contributed by atoms with Gasteiger partial charge < -0.3 is 11.1 Å². The maximum Gasteiger partial charge on any atom is 0.235 e. The predicted molar refractivity (Wildman–Crippen MR) is 73.3 cm³/mol. The molecule has 0 aromatic rings. The molecule has 0 aromatic carbocycles. The van der Waals surface area contributed by atoms with Crippen LogP contribution in [0.15, 0.2) is 0 Å². The molecule has 1 amide bonds. The van der Waals surface area contributed by atoms with Crippen LogP contribution in [0.5, 0.6) is 0 Å². The van der Waals surface area contributed by atoms with Crippen LogP contribution in [0.1, 0.15) is 47.5 Å². The first-order valence-corrected chi connectivity index (χ1v) is 7.44. The Hall–Kier alpha value is -0.420. The molecule has 0 rings (SSSR count). The number of hydrogen-bond donors (Lipinski definition) is 2. The van der Waals surface area contributed by atoms with Crippen molar-refractivity contribution in [2.24, 2.45) is 5.73 Å². The highest BCUT2D eigenvalue weighted by molar-refractivity contribution is 7.87. The third kappa shape index (κ3) is 5.64. The molecule has 0 bridgehead atoms. The minimum Gasteiger partial charge on any atom is -0.350 e. The standard InChI is InChI=1S/C12H26N2O2S/c1-6-12(4,5)14-11(15)10(3)17(16)9(2)7-8-13/h9-10H,6-8,13H2,1-5H3,(H,14,15). The van der Waals surface area contributed by atoms with E-state index in [0.717, 1.165) is 6.42 Å². The molecule has 0 radical (unpaired) electrons. The van der Waals surface area contributed by atoms with Crippen molar-refractivity contribution in [3.63, 3.8) is 0 Å². The molecule has 0 saturated carbocycles. The summed E-state index contributed by atoms with van der Waals surface area (Å²) in [5.74, 6) is -0.140.